The van der Waals surface area contributed by atoms with Crippen LogP contribution < -0.4 is 18.9 Å². The number of hydrogen-bond donors (Lipinski definition) is 1. The first-order valence-corrected chi connectivity index (χ1v) is 14.4. The second kappa shape index (κ2) is 12.9. The molecule has 4 rings (SSSR count). The molecule has 0 bridgehead atoms. The minimum absolute atomic E-state index is 0.0105. The number of esters is 1. The van der Waals surface area contributed by atoms with Crippen molar-refractivity contribution < 1.29 is 28.5 Å². The summed E-state index contributed by atoms with van der Waals surface area (Å²) in [5, 5.41) is -7.55. The number of carbonyl (C=O) groups is 2. The van der Waals surface area contributed by atoms with E-state index in [4.69, 9.17) is 81.7 Å². The molecule has 1 aliphatic heterocycles. The van der Waals surface area contributed by atoms with Crippen LogP contribution >= 0.6 is 11.9 Å². The van der Waals surface area contributed by atoms with Gasteiger partial charge in [0.1, 0.15) is 5.75 Å². The third kappa shape index (κ3) is 7.32. The van der Waals surface area contributed by atoms with E-state index in [0.717, 1.165) is 22.4 Å². The number of methoxy groups -OCH3 is 1. The lowest BCUT2D eigenvalue weighted by atomic mass is 9.13. The molecule has 210 valence electrons. The van der Waals surface area contributed by atoms with E-state index in [1.54, 1.807) is 18.2 Å². The van der Waals surface area contributed by atoms with Crippen molar-refractivity contribution in [3.8, 4) is 17.2 Å². The summed E-state index contributed by atoms with van der Waals surface area (Å²) in [5.41, 5.74) is 1.16. The molecule has 0 aliphatic carbocycles. The number of nitrogens with one attached hydrogen (secondary N) is 1. The molecule has 7 nitrogen and oxygen atoms in total. The van der Waals surface area contributed by atoms with Gasteiger partial charge in [-0.05, 0) is 65.3 Å². The lowest BCUT2D eigenvalue weighted by Crippen LogP contribution is -2.51. The summed E-state index contributed by atoms with van der Waals surface area (Å²) in [4.78, 5) is 26.9. The van der Waals surface area contributed by atoms with Crippen LogP contribution in [0.4, 0.5) is 0 Å². The smallest absolute Gasteiger partial charge is 0.337 e. The van der Waals surface area contributed by atoms with Gasteiger partial charge in [-0.25, -0.2) is 4.79 Å². The molecule has 1 unspecified atom stereocenters. The molecule has 0 saturated heterocycles. The molecule has 16 heteroatoms. The van der Waals surface area contributed by atoms with Crippen molar-refractivity contribution in [1.82, 2.24) is 4.72 Å². The van der Waals surface area contributed by atoms with Crippen LogP contribution in [0.3, 0.4) is 0 Å². The van der Waals surface area contributed by atoms with Crippen LogP contribution in [0.25, 0.3) is 0 Å². The molecule has 1 N–H and O–H groups in total. The summed E-state index contributed by atoms with van der Waals surface area (Å²) in [6, 6.07) is 16.2. The van der Waals surface area contributed by atoms with Crippen LogP contribution in [0.15, 0.2) is 65.6 Å². The van der Waals surface area contributed by atoms with Gasteiger partial charge in [-0.3, -0.25) is 9.52 Å². The zero-order valence-electron chi connectivity index (χ0n) is 25.0. The summed E-state index contributed by atoms with van der Waals surface area (Å²) in [7, 11) is 50.2. The predicted molar refractivity (Wildman–Crippen MR) is 180 cm³/mol. The highest BCUT2D eigenvalue weighted by molar-refractivity contribution is 7.98. The molecule has 16 radical (unpaired) electrons. The second-order valence-corrected chi connectivity index (χ2v) is 12.2. The number of carbonyl (C=O) groups excluding carboxylic acids is 2. The van der Waals surface area contributed by atoms with Crippen LogP contribution in [0.1, 0.15) is 47.0 Å². The molecular weight excluding hydrogens is 577 g/mol. The highest BCUT2D eigenvalue weighted by Gasteiger charge is 2.45. The Bertz CT molecular complexity index is 1570. The Balaban J connectivity index is 1.75. The van der Waals surface area contributed by atoms with Crippen molar-refractivity contribution in [2.75, 3.05) is 13.9 Å². The first-order chi connectivity index (χ1) is 20.9. The Morgan fingerprint density at radius 1 is 0.867 bits per heavy atom. The third-order valence-electron chi connectivity index (χ3n) is 7.30. The molecule has 0 saturated carbocycles. The Hall–Kier alpha value is -3.13. The average Bonchev–Trinajstić information content (AvgIpc) is 3.45. The van der Waals surface area contributed by atoms with E-state index in [9.17, 15) is 9.59 Å². The van der Waals surface area contributed by atoms with Gasteiger partial charge >= 0.3 is 5.97 Å². The monoisotopic (exact) mass is 601 g/mol. The number of benzene rings is 3. The standard InChI is InChI=1S/C29H23B8NO6S/c1-26(2,30)17-6-8-18(9-7-17)45-38-24(39)23(15-4-11-21-22(13-15)43-14-42-21)44-20-10-5-16(25(40)41-3)12-19(20)27(31,32)28(33,34)29(35,36)37/h4-13,23H,14H2,1-3H3,(H,38,39). The molecule has 0 fully saturated rings. The fraction of sp³-hybridized carbons (Fsp3) is 0.310. The van der Waals surface area contributed by atoms with Gasteiger partial charge in [0.25, 0.3) is 5.91 Å². The average molecular weight is 600 g/mol. The quantitative estimate of drug-likeness (QED) is 0.205. The molecule has 1 heterocycles. The normalized spacial score (nSPS) is 13.9. The molecule has 45 heavy (non-hydrogen) atoms. The number of amides is 1. The van der Waals surface area contributed by atoms with E-state index in [1.165, 1.54) is 25.3 Å². The molecular formula is C29H23B8NO6S. The minimum Gasteiger partial charge on any atom is -0.476 e. The van der Waals surface area contributed by atoms with Crippen molar-refractivity contribution in [1.29, 1.82) is 0 Å². The third-order valence-corrected chi connectivity index (χ3v) is 8.11. The van der Waals surface area contributed by atoms with Crippen molar-refractivity contribution in [2.24, 2.45) is 0 Å². The number of fused-ring (bicyclic) bond motifs is 1. The van der Waals surface area contributed by atoms with E-state index in [0.29, 0.717) is 17.1 Å². The van der Waals surface area contributed by atoms with Crippen LogP contribution in [0.5, 0.6) is 17.2 Å². The van der Waals surface area contributed by atoms with Crippen molar-refractivity contribution >= 4 is 86.6 Å². The number of hydrogen-bond acceptors (Lipinski definition) is 7. The molecule has 0 spiro atoms. The van der Waals surface area contributed by atoms with Crippen LogP contribution in [0.2, 0.25) is 10.3 Å². The molecule has 0 aromatic heterocycles. The lowest BCUT2D eigenvalue weighted by molar-refractivity contribution is -0.126. The maximum Gasteiger partial charge on any atom is 0.337 e. The van der Waals surface area contributed by atoms with Gasteiger partial charge in [-0.15, -0.1) is 10.3 Å². The highest BCUT2D eigenvalue weighted by Crippen LogP contribution is 2.53. The highest BCUT2D eigenvalue weighted by atomic mass is 32.2. The Kier molecular flexibility index (Phi) is 9.98. The zero-order valence-corrected chi connectivity index (χ0v) is 25.9. The van der Waals surface area contributed by atoms with Gasteiger partial charge in [0, 0.05) is 34.0 Å². The van der Waals surface area contributed by atoms with Crippen LogP contribution in [-0.4, -0.2) is 88.5 Å². The maximum atomic E-state index is 13.8. The topological polar surface area (TPSA) is 83.1 Å². The van der Waals surface area contributed by atoms with Crippen LogP contribution in [0, 0.1) is 0 Å². The summed E-state index contributed by atoms with van der Waals surface area (Å²) in [6.07, 6.45) is -1.34. The predicted octanol–water partition coefficient (Wildman–Crippen LogP) is 2.07. The number of ether oxygens (including phenoxy) is 4. The van der Waals surface area contributed by atoms with Crippen molar-refractivity contribution in [2.45, 2.75) is 45.7 Å². The fourth-order valence-electron chi connectivity index (χ4n) is 4.37. The van der Waals surface area contributed by atoms with E-state index in [1.807, 2.05) is 38.1 Å². The summed E-state index contributed by atoms with van der Waals surface area (Å²) in [5.74, 6) is -0.514. The maximum absolute atomic E-state index is 13.8. The van der Waals surface area contributed by atoms with Crippen LogP contribution in [-0.2, 0) is 20.1 Å². The Labute approximate surface area is 278 Å². The van der Waals surface area contributed by atoms with Crippen molar-refractivity contribution in [3.05, 3.63) is 82.9 Å². The molecule has 1 aliphatic rings. The van der Waals surface area contributed by atoms with Gasteiger partial charge in [0.15, 0.2) is 11.5 Å². The Morgan fingerprint density at radius 3 is 2.11 bits per heavy atom. The van der Waals surface area contributed by atoms with Gasteiger partial charge < -0.3 is 18.9 Å². The molecule has 3 aromatic rings. The fourth-order valence-corrected chi connectivity index (χ4v) is 4.97. The summed E-state index contributed by atoms with van der Waals surface area (Å²) < 4.78 is 24.8. The first-order valence-electron chi connectivity index (χ1n) is 13.5. The summed E-state index contributed by atoms with van der Waals surface area (Å²) in [6.45, 7) is 3.79. The zero-order chi connectivity index (χ0) is 33.4. The van der Waals surface area contributed by atoms with Gasteiger partial charge in [-0.1, -0.05) is 42.8 Å². The van der Waals surface area contributed by atoms with E-state index >= 15 is 0 Å². The largest absolute Gasteiger partial charge is 0.476 e. The SMILES string of the molecule is [B]C(C)(C)c1ccc(SNC(=O)C(Oc2ccc(C(=O)OC)cc2C([B])([B])C([B])([B])C([B])([B])[B])c2ccc3c(c2)OCO3)cc1. The first kappa shape index (κ1) is 34.7. The molecule has 1 amide bonds. The molecule has 1 atom stereocenters. The minimum atomic E-state index is -2.39. The van der Waals surface area contributed by atoms with Gasteiger partial charge in [0.05, 0.1) is 51.9 Å². The van der Waals surface area contributed by atoms with E-state index in [2.05, 4.69) is 4.72 Å². The molecule has 3 aromatic carbocycles. The van der Waals surface area contributed by atoms with E-state index < -0.39 is 38.8 Å². The van der Waals surface area contributed by atoms with Gasteiger partial charge in [-0.2, -0.15) is 0 Å². The number of rotatable bonds is 11. The van der Waals surface area contributed by atoms with Gasteiger partial charge in [0.2, 0.25) is 12.9 Å². The van der Waals surface area contributed by atoms with Crippen molar-refractivity contribution in [3.63, 3.8) is 0 Å². The van der Waals surface area contributed by atoms with E-state index in [-0.39, 0.29) is 23.7 Å². The second-order valence-electron chi connectivity index (χ2n) is 11.3. The lowest BCUT2D eigenvalue weighted by Gasteiger charge is -2.55. The summed E-state index contributed by atoms with van der Waals surface area (Å²) >= 11 is 1.06. The Morgan fingerprint density at radius 2 is 1.51 bits per heavy atom.